The molecule has 2 atom stereocenters. The highest BCUT2D eigenvalue weighted by Gasteiger charge is 2.37. The average Bonchev–Trinajstić information content (AvgIpc) is 3.52. The number of anilines is 1. The summed E-state index contributed by atoms with van der Waals surface area (Å²) in [7, 11) is 3.61. The molecule has 0 spiro atoms. The fourth-order valence-corrected chi connectivity index (χ4v) is 4.67. The Balaban J connectivity index is 1.54. The number of nitrogens with zero attached hydrogens (tertiary/aromatic N) is 7. The smallest absolute Gasteiger partial charge is 0.246 e. The number of amides is 1. The Bertz CT molecular complexity index is 1520. The molecule has 3 aromatic heterocycles. The van der Waals surface area contributed by atoms with Crippen molar-refractivity contribution in [2.45, 2.75) is 25.4 Å². The monoisotopic (exact) mass is 470 g/mol. The van der Waals surface area contributed by atoms with E-state index in [1.165, 1.54) is 12.4 Å². The van der Waals surface area contributed by atoms with Crippen molar-refractivity contribution in [1.29, 1.82) is 0 Å². The van der Waals surface area contributed by atoms with Gasteiger partial charge < -0.3 is 19.9 Å². The quantitative estimate of drug-likeness (QED) is 0.358. The molecule has 1 aliphatic rings. The van der Waals surface area contributed by atoms with Gasteiger partial charge in [0.1, 0.15) is 23.7 Å². The molecule has 1 aliphatic heterocycles. The molecule has 1 unspecified atom stereocenters. The molecule has 5 rings (SSSR count). The van der Waals surface area contributed by atoms with Crippen LogP contribution in [-0.2, 0) is 16.6 Å². The SMILES string of the molecule is C=CC(=O)N1CC(n2nc(C#Cc3ccc4c(c3)nc(C)n4C)c3c(N)ncnc32)C[C@@H]1COC. The zero-order valence-electron chi connectivity index (χ0n) is 19.9. The molecule has 1 fully saturated rings. The zero-order valence-corrected chi connectivity index (χ0v) is 19.9. The fraction of sp³-hybridized carbons (Fsp3) is 0.320. The van der Waals surface area contributed by atoms with Crippen LogP contribution in [0.3, 0.4) is 0 Å². The molecule has 1 saturated heterocycles. The van der Waals surface area contributed by atoms with Crippen molar-refractivity contribution in [1.82, 2.24) is 34.2 Å². The Hall–Kier alpha value is -4.23. The number of aryl methyl sites for hydroxylation is 2. The summed E-state index contributed by atoms with van der Waals surface area (Å²) < 4.78 is 9.19. The van der Waals surface area contributed by atoms with Crippen LogP contribution < -0.4 is 5.73 Å². The van der Waals surface area contributed by atoms with E-state index in [2.05, 4.69) is 33.4 Å². The van der Waals surface area contributed by atoms with Crippen molar-refractivity contribution in [2.75, 3.05) is 26.0 Å². The molecule has 1 aromatic carbocycles. The molecule has 35 heavy (non-hydrogen) atoms. The van der Waals surface area contributed by atoms with Crippen molar-refractivity contribution in [3.05, 3.63) is 54.3 Å². The van der Waals surface area contributed by atoms with Crippen LogP contribution >= 0.6 is 0 Å². The van der Waals surface area contributed by atoms with Gasteiger partial charge in [0.2, 0.25) is 5.91 Å². The van der Waals surface area contributed by atoms with Crippen molar-refractivity contribution in [3.63, 3.8) is 0 Å². The lowest BCUT2D eigenvalue weighted by Crippen LogP contribution is -2.37. The first-order chi connectivity index (χ1) is 16.9. The molecular formula is C25H26N8O2. The van der Waals surface area contributed by atoms with E-state index in [1.54, 1.807) is 12.0 Å². The van der Waals surface area contributed by atoms with E-state index in [-0.39, 0.29) is 18.0 Å². The number of hydrogen-bond acceptors (Lipinski definition) is 7. The lowest BCUT2D eigenvalue weighted by atomic mass is 10.2. The number of hydrogen-bond donors (Lipinski definition) is 1. The van der Waals surface area contributed by atoms with Gasteiger partial charge in [-0.2, -0.15) is 5.10 Å². The van der Waals surface area contributed by atoms with Crippen LogP contribution in [0.2, 0.25) is 0 Å². The molecule has 10 heteroatoms. The van der Waals surface area contributed by atoms with Gasteiger partial charge >= 0.3 is 0 Å². The number of imidazole rings is 1. The summed E-state index contributed by atoms with van der Waals surface area (Å²) in [6.07, 6.45) is 3.40. The first-order valence-corrected chi connectivity index (χ1v) is 11.3. The minimum atomic E-state index is -0.139. The summed E-state index contributed by atoms with van der Waals surface area (Å²) >= 11 is 0. The predicted octanol–water partition coefficient (Wildman–Crippen LogP) is 1.98. The van der Waals surface area contributed by atoms with Gasteiger partial charge in [0, 0.05) is 26.3 Å². The lowest BCUT2D eigenvalue weighted by molar-refractivity contribution is -0.127. The standard InChI is InChI=1S/C25H26N8O2/c1-5-22(34)32-12-17(11-18(32)13-35-4)33-25-23(24(26)27-14-28-25)19(30-33)8-6-16-7-9-21-20(10-16)29-15(2)31(21)3/h5,7,9-10,14,17-18H,1,11-13H2,2-4H3,(H2,26,27,28)/t17?,18-/m1/s1. The van der Waals surface area contributed by atoms with Crippen LogP contribution in [0.4, 0.5) is 5.82 Å². The highest BCUT2D eigenvalue weighted by atomic mass is 16.5. The maximum Gasteiger partial charge on any atom is 0.246 e. The van der Waals surface area contributed by atoms with E-state index in [0.717, 1.165) is 22.4 Å². The lowest BCUT2D eigenvalue weighted by Gasteiger charge is -2.22. The van der Waals surface area contributed by atoms with E-state index in [9.17, 15) is 4.79 Å². The minimum Gasteiger partial charge on any atom is -0.383 e. The molecule has 0 bridgehead atoms. The summed E-state index contributed by atoms with van der Waals surface area (Å²) in [5.41, 5.74) is 10.1. The van der Waals surface area contributed by atoms with E-state index in [0.29, 0.717) is 42.1 Å². The number of ether oxygens (including phenoxy) is 1. The number of carbonyl (C=O) groups is 1. The van der Waals surface area contributed by atoms with Crippen LogP contribution in [0.25, 0.3) is 22.1 Å². The number of nitrogens with two attached hydrogens (primary N) is 1. The molecule has 1 amide bonds. The molecular weight excluding hydrogens is 444 g/mol. The van der Waals surface area contributed by atoms with Crippen molar-refractivity contribution in [2.24, 2.45) is 7.05 Å². The normalized spacial score (nSPS) is 17.6. The molecule has 0 saturated carbocycles. The van der Waals surface area contributed by atoms with Crippen LogP contribution in [0.15, 0.2) is 37.2 Å². The Morgan fingerprint density at radius 2 is 2.17 bits per heavy atom. The second-order valence-electron chi connectivity index (χ2n) is 8.62. The van der Waals surface area contributed by atoms with Gasteiger partial charge in [-0.15, -0.1) is 0 Å². The molecule has 4 heterocycles. The Morgan fingerprint density at radius 1 is 1.34 bits per heavy atom. The summed E-state index contributed by atoms with van der Waals surface area (Å²) in [6.45, 7) is 6.48. The molecule has 2 N–H and O–H groups in total. The van der Waals surface area contributed by atoms with Crippen LogP contribution in [0, 0.1) is 18.8 Å². The Kier molecular flexibility index (Phi) is 5.70. The number of fused-ring (bicyclic) bond motifs is 2. The van der Waals surface area contributed by atoms with Crippen molar-refractivity contribution >= 4 is 33.8 Å². The highest BCUT2D eigenvalue weighted by molar-refractivity contribution is 5.91. The second-order valence-corrected chi connectivity index (χ2v) is 8.62. The third kappa shape index (κ3) is 3.90. The predicted molar refractivity (Wildman–Crippen MR) is 132 cm³/mol. The van der Waals surface area contributed by atoms with E-state index < -0.39 is 0 Å². The maximum atomic E-state index is 12.4. The number of rotatable bonds is 4. The summed E-state index contributed by atoms with van der Waals surface area (Å²) in [5.74, 6) is 7.46. The molecule has 0 radical (unpaired) electrons. The number of methoxy groups -OCH3 is 1. The van der Waals surface area contributed by atoms with Gasteiger partial charge in [-0.3, -0.25) is 4.79 Å². The average molecular weight is 471 g/mol. The maximum absolute atomic E-state index is 12.4. The minimum absolute atomic E-state index is 0.0861. The first-order valence-electron chi connectivity index (χ1n) is 11.3. The third-order valence-electron chi connectivity index (χ3n) is 6.50. The topological polar surface area (TPSA) is 117 Å². The first kappa shape index (κ1) is 22.6. The summed E-state index contributed by atoms with van der Waals surface area (Å²) in [4.78, 5) is 27.4. The van der Waals surface area contributed by atoms with Gasteiger partial charge in [0.05, 0.1) is 35.1 Å². The van der Waals surface area contributed by atoms with E-state index >= 15 is 0 Å². The second kappa shape index (κ2) is 8.85. The Morgan fingerprint density at radius 3 is 2.94 bits per heavy atom. The fourth-order valence-electron chi connectivity index (χ4n) is 4.67. The largest absolute Gasteiger partial charge is 0.383 e. The summed E-state index contributed by atoms with van der Waals surface area (Å²) in [6, 6.07) is 5.73. The zero-order chi connectivity index (χ0) is 24.7. The van der Waals surface area contributed by atoms with Crippen LogP contribution in [0.5, 0.6) is 0 Å². The van der Waals surface area contributed by atoms with Gasteiger partial charge in [0.15, 0.2) is 5.65 Å². The number of carbonyl (C=O) groups excluding carboxylic acids is 1. The highest BCUT2D eigenvalue weighted by Crippen LogP contribution is 2.32. The molecule has 10 nitrogen and oxygen atoms in total. The molecule has 4 aromatic rings. The van der Waals surface area contributed by atoms with E-state index in [1.807, 2.05) is 41.4 Å². The molecule has 178 valence electrons. The van der Waals surface area contributed by atoms with Gasteiger partial charge in [-0.05, 0) is 43.5 Å². The third-order valence-corrected chi connectivity index (χ3v) is 6.50. The number of benzene rings is 1. The van der Waals surface area contributed by atoms with Gasteiger partial charge in [-0.1, -0.05) is 12.5 Å². The van der Waals surface area contributed by atoms with Crippen LogP contribution in [0.1, 0.15) is 29.5 Å². The van der Waals surface area contributed by atoms with Crippen molar-refractivity contribution < 1.29 is 9.53 Å². The van der Waals surface area contributed by atoms with Gasteiger partial charge in [-0.25, -0.2) is 19.6 Å². The Labute approximate surface area is 202 Å². The van der Waals surface area contributed by atoms with E-state index in [4.69, 9.17) is 15.6 Å². The van der Waals surface area contributed by atoms with Crippen molar-refractivity contribution in [3.8, 4) is 11.8 Å². The molecule has 0 aliphatic carbocycles. The van der Waals surface area contributed by atoms with Crippen LogP contribution in [-0.4, -0.2) is 66.4 Å². The summed E-state index contributed by atoms with van der Waals surface area (Å²) in [5, 5.41) is 5.38. The number of aromatic nitrogens is 6. The number of likely N-dealkylation sites (tertiary alicyclic amines) is 1. The van der Waals surface area contributed by atoms with Gasteiger partial charge in [0.25, 0.3) is 0 Å². The number of nitrogen functional groups attached to an aromatic ring is 1.